The number of hydrogen-bond acceptors (Lipinski definition) is 2. The topological polar surface area (TPSA) is 29.9 Å². The maximum absolute atomic E-state index is 4.71. The van der Waals surface area contributed by atoms with Crippen LogP contribution in [0, 0.1) is 13.8 Å². The van der Waals surface area contributed by atoms with E-state index >= 15 is 0 Å². The summed E-state index contributed by atoms with van der Waals surface area (Å²) in [4.78, 5) is 0. The summed E-state index contributed by atoms with van der Waals surface area (Å²) in [5.74, 6) is 0. The van der Waals surface area contributed by atoms with Crippen molar-refractivity contribution in [3.05, 3.63) is 52.8 Å². The van der Waals surface area contributed by atoms with Gasteiger partial charge in [0.05, 0.1) is 12.2 Å². The molecule has 1 heterocycles. The Kier molecular flexibility index (Phi) is 4.84. The summed E-state index contributed by atoms with van der Waals surface area (Å²) in [5, 5.41) is 8.26. The number of aromatic nitrogens is 2. The van der Waals surface area contributed by atoms with Gasteiger partial charge in [-0.2, -0.15) is 5.10 Å². The van der Waals surface area contributed by atoms with Crippen LogP contribution in [0.1, 0.15) is 43.3 Å². The number of hydrogen-bond donors (Lipinski definition) is 1. The van der Waals surface area contributed by atoms with Crippen molar-refractivity contribution in [2.45, 2.75) is 53.1 Å². The molecule has 3 heteroatoms. The van der Waals surface area contributed by atoms with Crippen LogP contribution < -0.4 is 5.32 Å². The fraction of sp³-hybridized carbons (Fsp3) is 0.500. The molecule has 0 bridgehead atoms. The lowest BCUT2D eigenvalue weighted by molar-refractivity contribution is 0.429. The largest absolute Gasteiger partial charge is 0.312 e. The minimum atomic E-state index is 0.168. The first kappa shape index (κ1) is 15.8. The molecule has 2 aromatic rings. The highest BCUT2D eigenvalue weighted by Gasteiger charge is 2.13. The van der Waals surface area contributed by atoms with E-state index in [4.69, 9.17) is 5.10 Å². The Morgan fingerprint density at radius 3 is 2.38 bits per heavy atom. The van der Waals surface area contributed by atoms with Gasteiger partial charge in [0.15, 0.2) is 0 Å². The Morgan fingerprint density at radius 1 is 1.10 bits per heavy atom. The average Bonchev–Trinajstić information content (AvgIpc) is 2.66. The van der Waals surface area contributed by atoms with E-state index in [-0.39, 0.29) is 5.54 Å². The third-order valence-electron chi connectivity index (χ3n) is 3.74. The SMILES string of the molecule is Cc1nn(Cc2ccccc2)c(C)c1CCNC(C)(C)C. The summed E-state index contributed by atoms with van der Waals surface area (Å²) in [7, 11) is 0. The van der Waals surface area contributed by atoms with E-state index in [0.29, 0.717) is 0 Å². The number of benzene rings is 1. The van der Waals surface area contributed by atoms with E-state index in [1.807, 2.05) is 6.07 Å². The van der Waals surface area contributed by atoms with Crippen LogP contribution in [0.2, 0.25) is 0 Å². The van der Waals surface area contributed by atoms with Gasteiger partial charge < -0.3 is 5.32 Å². The van der Waals surface area contributed by atoms with Crippen LogP contribution in [0.3, 0.4) is 0 Å². The van der Waals surface area contributed by atoms with Crippen LogP contribution >= 0.6 is 0 Å². The summed E-state index contributed by atoms with van der Waals surface area (Å²) < 4.78 is 2.12. The lowest BCUT2D eigenvalue weighted by Gasteiger charge is -2.20. The van der Waals surface area contributed by atoms with Gasteiger partial charge in [-0.1, -0.05) is 30.3 Å². The highest BCUT2D eigenvalue weighted by molar-refractivity contribution is 5.26. The summed E-state index contributed by atoms with van der Waals surface area (Å²) in [5.41, 5.74) is 5.28. The average molecular weight is 285 g/mol. The second-order valence-corrected chi connectivity index (χ2v) is 6.72. The first-order valence-electron chi connectivity index (χ1n) is 7.68. The third kappa shape index (κ3) is 4.43. The minimum Gasteiger partial charge on any atom is -0.312 e. The molecule has 0 amide bonds. The van der Waals surface area contributed by atoms with Gasteiger partial charge >= 0.3 is 0 Å². The Labute approximate surface area is 128 Å². The molecule has 0 radical (unpaired) electrons. The van der Waals surface area contributed by atoms with Gasteiger partial charge in [0.25, 0.3) is 0 Å². The molecule has 0 atom stereocenters. The second-order valence-electron chi connectivity index (χ2n) is 6.72. The molecule has 21 heavy (non-hydrogen) atoms. The zero-order chi connectivity index (χ0) is 15.5. The smallest absolute Gasteiger partial charge is 0.0662 e. The molecule has 0 saturated carbocycles. The van der Waals surface area contributed by atoms with Crippen molar-refractivity contribution in [3.8, 4) is 0 Å². The quantitative estimate of drug-likeness (QED) is 0.911. The monoisotopic (exact) mass is 285 g/mol. The Bertz CT molecular complexity index is 577. The number of rotatable bonds is 5. The van der Waals surface area contributed by atoms with E-state index < -0.39 is 0 Å². The summed E-state index contributed by atoms with van der Waals surface area (Å²) in [6.07, 6.45) is 1.03. The molecule has 2 rings (SSSR count). The van der Waals surface area contributed by atoms with E-state index in [9.17, 15) is 0 Å². The zero-order valence-corrected chi connectivity index (χ0v) is 13.9. The second kappa shape index (κ2) is 6.44. The standard InChI is InChI=1S/C18H27N3/c1-14-17(11-12-19-18(3,4)5)15(2)21(20-14)13-16-9-7-6-8-10-16/h6-10,19H,11-13H2,1-5H3. The zero-order valence-electron chi connectivity index (χ0n) is 13.9. The van der Waals surface area contributed by atoms with Gasteiger partial charge in [0, 0.05) is 11.2 Å². The normalized spacial score (nSPS) is 11.9. The third-order valence-corrected chi connectivity index (χ3v) is 3.74. The van der Waals surface area contributed by atoms with Crippen molar-refractivity contribution >= 4 is 0 Å². The van der Waals surface area contributed by atoms with Gasteiger partial charge in [-0.3, -0.25) is 4.68 Å². The van der Waals surface area contributed by atoms with Crippen LogP contribution in [0.4, 0.5) is 0 Å². The van der Waals surface area contributed by atoms with Gasteiger partial charge in [-0.15, -0.1) is 0 Å². The molecule has 0 fully saturated rings. The number of nitrogens with zero attached hydrogens (tertiary/aromatic N) is 2. The molecule has 0 spiro atoms. The van der Waals surface area contributed by atoms with E-state index in [1.165, 1.54) is 16.8 Å². The lowest BCUT2D eigenvalue weighted by atomic mass is 10.1. The van der Waals surface area contributed by atoms with Gasteiger partial charge in [0.1, 0.15) is 0 Å². The molecule has 0 saturated heterocycles. The van der Waals surface area contributed by atoms with E-state index in [0.717, 1.165) is 25.2 Å². The Balaban J connectivity index is 2.07. The molecule has 114 valence electrons. The molecule has 3 nitrogen and oxygen atoms in total. The maximum atomic E-state index is 4.71. The molecule has 0 aliphatic heterocycles. The molecule has 1 N–H and O–H groups in total. The molecule has 0 unspecified atom stereocenters. The van der Waals surface area contributed by atoms with Crippen molar-refractivity contribution in [3.63, 3.8) is 0 Å². The minimum absolute atomic E-state index is 0.168. The van der Waals surface area contributed by atoms with Crippen LogP contribution in [0.25, 0.3) is 0 Å². The Hall–Kier alpha value is -1.61. The van der Waals surface area contributed by atoms with Gasteiger partial charge in [-0.25, -0.2) is 0 Å². The fourth-order valence-electron chi connectivity index (χ4n) is 2.57. The summed E-state index contributed by atoms with van der Waals surface area (Å²) in [6, 6.07) is 10.5. The van der Waals surface area contributed by atoms with E-state index in [1.54, 1.807) is 0 Å². The number of nitrogens with one attached hydrogen (secondary N) is 1. The van der Waals surface area contributed by atoms with Crippen LogP contribution in [-0.2, 0) is 13.0 Å². The van der Waals surface area contributed by atoms with Crippen LogP contribution in [0.15, 0.2) is 30.3 Å². The molecule has 0 aliphatic carbocycles. The van der Waals surface area contributed by atoms with Gasteiger partial charge in [-0.05, 0) is 58.7 Å². The summed E-state index contributed by atoms with van der Waals surface area (Å²) >= 11 is 0. The van der Waals surface area contributed by atoms with Crippen molar-refractivity contribution in [2.24, 2.45) is 0 Å². The van der Waals surface area contributed by atoms with Crippen LogP contribution in [0.5, 0.6) is 0 Å². The van der Waals surface area contributed by atoms with Crippen molar-refractivity contribution in [2.75, 3.05) is 6.54 Å². The molecule has 1 aromatic carbocycles. The first-order chi connectivity index (χ1) is 9.87. The molecule has 1 aromatic heterocycles. The van der Waals surface area contributed by atoms with Crippen LogP contribution in [-0.4, -0.2) is 21.9 Å². The van der Waals surface area contributed by atoms with E-state index in [2.05, 4.69) is 68.9 Å². The van der Waals surface area contributed by atoms with Crippen molar-refractivity contribution in [1.29, 1.82) is 0 Å². The summed E-state index contributed by atoms with van der Waals surface area (Å²) in [6.45, 7) is 12.7. The highest BCUT2D eigenvalue weighted by Crippen LogP contribution is 2.15. The first-order valence-corrected chi connectivity index (χ1v) is 7.68. The maximum Gasteiger partial charge on any atom is 0.0662 e. The van der Waals surface area contributed by atoms with Gasteiger partial charge in [0.2, 0.25) is 0 Å². The molecule has 0 aliphatic rings. The fourth-order valence-corrected chi connectivity index (χ4v) is 2.57. The Morgan fingerprint density at radius 2 is 1.76 bits per heavy atom. The lowest BCUT2D eigenvalue weighted by Crippen LogP contribution is -2.37. The highest BCUT2D eigenvalue weighted by atomic mass is 15.3. The number of aryl methyl sites for hydroxylation is 1. The molecular weight excluding hydrogens is 258 g/mol. The predicted molar refractivity (Wildman–Crippen MR) is 88.7 cm³/mol. The predicted octanol–water partition coefficient (Wildman–Crippen LogP) is 3.48. The van der Waals surface area contributed by atoms with Crippen molar-refractivity contribution in [1.82, 2.24) is 15.1 Å². The molecular formula is C18H27N3. The van der Waals surface area contributed by atoms with Crippen molar-refractivity contribution < 1.29 is 0 Å².